The van der Waals surface area contributed by atoms with Crippen LogP contribution in [0, 0.1) is 4.91 Å². The zero-order chi connectivity index (χ0) is 29.2. The Morgan fingerprint density at radius 1 is 0.950 bits per heavy atom. The molecule has 0 aliphatic carbocycles. The molecule has 3 rings (SSSR count). The molecule has 4 N–H and O–H groups in total. The first kappa shape index (κ1) is 29.8. The molecule has 206 valence electrons. The van der Waals surface area contributed by atoms with Gasteiger partial charge in [-0.05, 0) is 60.4 Å². The topological polar surface area (TPSA) is 177 Å². The number of nitrogens with one attached hydrogen (secondary N) is 2. The molecule has 0 heterocycles. The maximum Gasteiger partial charge on any atom is 0.293 e. The number of hydrogen-bond donors (Lipinski definition) is 3. The highest BCUT2D eigenvalue weighted by molar-refractivity contribution is 6.46. The van der Waals surface area contributed by atoms with E-state index in [9.17, 15) is 28.9 Å². The maximum absolute atomic E-state index is 13.1. The van der Waals surface area contributed by atoms with Crippen LogP contribution in [0.25, 0.3) is 10.8 Å². The summed E-state index contributed by atoms with van der Waals surface area (Å²) in [6.45, 7) is 1.20. The van der Waals surface area contributed by atoms with Gasteiger partial charge >= 0.3 is 0 Å². The molecule has 40 heavy (non-hydrogen) atoms. The van der Waals surface area contributed by atoms with Crippen LogP contribution in [0.5, 0.6) is 0 Å². The van der Waals surface area contributed by atoms with Crippen LogP contribution in [-0.4, -0.2) is 47.7 Å². The fourth-order valence-electron chi connectivity index (χ4n) is 3.88. The lowest BCUT2D eigenvalue weighted by atomic mass is 10.0. The van der Waals surface area contributed by atoms with Crippen LogP contribution < -0.4 is 16.4 Å². The lowest BCUT2D eigenvalue weighted by Crippen LogP contribution is -2.46. The average molecular weight is 564 g/mol. The third-order valence-corrected chi connectivity index (χ3v) is 6.16. The number of amides is 2. The first-order valence-electron chi connectivity index (χ1n) is 12.2. The Labute approximate surface area is 234 Å². The molecule has 0 bridgehead atoms. The molecule has 1 unspecified atom stereocenters. The summed E-state index contributed by atoms with van der Waals surface area (Å²) >= 11 is 6.07. The number of carbonyl (C=O) groups excluding carboxylic acids is 5. The van der Waals surface area contributed by atoms with Crippen LogP contribution in [0.2, 0.25) is 5.02 Å². The number of fused-ring (bicyclic) bond motifs is 1. The molecular formula is C28H26ClN5O6. The number of anilines is 1. The van der Waals surface area contributed by atoms with E-state index in [0.29, 0.717) is 18.4 Å². The number of rotatable bonds is 12. The Morgan fingerprint density at radius 2 is 1.68 bits per heavy atom. The van der Waals surface area contributed by atoms with Gasteiger partial charge in [-0.25, -0.2) is 4.99 Å². The van der Waals surface area contributed by atoms with Gasteiger partial charge in [-0.15, -0.1) is 4.91 Å². The van der Waals surface area contributed by atoms with E-state index in [0.717, 1.165) is 17.7 Å². The number of guanidine groups is 1. The standard InChI is InChI=1S/C28H26ClN5O6/c1-16(35)24(36)23(8-4-5-13-31-28(30)34-40)33-27(39)25(37)21-15-20(29)11-12-22(21)32-26(38)19-10-9-17-6-2-3-7-18(17)14-19/h2-3,6-7,9-12,14-15,23H,4-5,8,13H2,1H3,(H2,30,31)(H,32,38)(H,33,39). The quantitative estimate of drug-likeness (QED) is 0.0748. The number of carbonyl (C=O) groups is 5. The molecule has 0 saturated heterocycles. The van der Waals surface area contributed by atoms with Crippen molar-refractivity contribution in [1.29, 1.82) is 0 Å². The van der Waals surface area contributed by atoms with Crippen molar-refractivity contribution in [2.24, 2.45) is 15.9 Å². The van der Waals surface area contributed by atoms with Gasteiger partial charge in [-0.3, -0.25) is 24.0 Å². The zero-order valence-electron chi connectivity index (χ0n) is 21.5. The molecule has 0 spiro atoms. The molecule has 2 amide bonds. The monoisotopic (exact) mass is 563 g/mol. The van der Waals surface area contributed by atoms with Gasteiger partial charge in [0, 0.05) is 29.2 Å². The normalized spacial score (nSPS) is 11.9. The number of hydrogen-bond acceptors (Lipinski definition) is 7. The summed E-state index contributed by atoms with van der Waals surface area (Å²) in [5.74, 6) is -4.82. The number of aliphatic imine (C=N–C) groups is 1. The van der Waals surface area contributed by atoms with Gasteiger partial charge in [0.25, 0.3) is 23.6 Å². The molecule has 3 aromatic carbocycles. The van der Waals surface area contributed by atoms with E-state index in [1.807, 2.05) is 24.3 Å². The number of halogens is 1. The highest BCUT2D eigenvalue weighted by Gasteiger charge is 2.28. The minimum absolute atomic E-state index is 0.0302. The second-order valence-electron chi connectivity index (χ2n) is 8.81. The van der Waals surface area contributed by atoms with Crippen molar-refractivity contribution >= 4 is 63.2 Å². The predicted octanol–water partition coefficient (Wildman–Crippen LogP) is 3.82. The van der Waals surface area contributed by atoms with Crippen molar-refractivity contribution in [3.05, 3.63) is 81.7 Å². The fourth-order valence-corrected chi connectivity index (χ4v) is 4.05. The van der Waals surface area contributed by atoms with E-state index in [-0.39, 0.29) is 29.2 Å². The second-order valence-corrected chi connectivity index (χ2v) is 9.24. The number of unbranched alkanes of at least 4 members (excludes halogenated alkanes) is 1. The average Bonchev–Trinajstić information content (AvgIpc) is 2.95. The van der Waals surface area contributed by atoms with Gasteiger partial charge in [-0.2, -0.15) is 0 Å². The van der Waals surface area contributed by atoms with E-state index >= 15 is 0 Å². The first-order valence-corrected chi connectivity index (χ1v) is 12.6. The summed E-state index contributed by atoms with van der Waals surface area (Å²) in [5.41, 5.74) is 5.38. The highest BCUT2D eigenvalue weighted by Crippen LogP contribution is 2.23. The molecule has 11 nitrogen and oxygen atoms in total. The molecular weight excluding hydrogens is 538 g/mol. The number of Topliss-reactive ketones (excluding diaryl/α,β-unsaturated/α-hetero) is 3. The number of nitroso groups, excluding NO2 is 1. The zero-order valence-corrected chi connectivity index (χ0v) is 22.2. The molecule has 0 aliphatic heterocycles. The van der Waals surface area contributed by atoms with E-state index < -0.39 is 41.2 Å². The van der Waals surface area contributed by atoms with Crippen LogP contribution in [0.15, 0.2) is 70.8 Å². The Morgan fingerprint density at radius 3 is 2.38 bits per heavy atom. The lowest BCUT2D eigenvalue weighted by molar-refractivity contribution is -0.137. The third-order valence-electron chi connectivity index (χ3n) is 5.93. The predicted molar refractivity (Wildman–Crippen MR) is 151 cm³/mol. The van der Waals surface area contributed by atoms with Crippen LogP contribution in [0.3, 0.4) is 0 Å². The Kier molecular flexibility index (Phi) is 10.3. The van der Waals surface area contributed by atoms with Crippen LogP contribution in [0.4, 0.5) is 5.69 Å². The van der Waals surface area contributed by atoms with Gasteiger partial charge in [0.15, 0.2) is 5.78 Å². The molecule has 0 saturated carbocycles. The largest absolute Gasteiger partial charge is 0.365 e. The summed E-state index contributed by atoms with van der Waals surface area (Å²) < 4.78 is 0. The number of ketones is 3. The van der Waals surface area contributed by atoms with Crippen LogP contribution in [0.1, 0.15) is 46.9 Å². The van der Waals surface area contributed by atoms with E-state index in [2.05, 4.69) is 20.8 Å². The molecule has 12 heteroatoms. The number of nitrogens with zero attached hydrogens (tertiary/aromatic N) is 2. The third kappa shape index (κ3) is 7.87. The van der Waals surface area contributed by atoms with Crippen LogP contribution >= 0.6 is 11.6 Å². The van der Waals surface area contributed by atoms with Crippen molar-refractivity contribution < 1.29 is 24.0 Å². The highest BCUT2D eigenvalue weighted by atomic mass is 35.5. The molecule has 3 aromatic rings. The molecule has 0 radical (unpaired) electrons. The smallest absolute Gasteiger partial charge is 0.293 e. The number of nitrogens with two attached hydrogens (primary N) is 1. The van der Waals surface area contributed by atoms with Gasteiger partial charge in [-0.1, -0.05) is 41.9 Å². The summed E-state index contributed by atoms with van der Waals surface area (Å²) in [6.07, 6.45) is 0.724. The van der Waals surface area contributed by atoms with Crippen molar-refractivity contribution in [3.63, 3.8) is 0 Å². The molecule has 0 aromatic heterocycles. The molecule has 1 atom stereocenters. The van der Waals surface area contributed by atoms with Crippen molar-refractivity contribution in [1.82, 2.24) is 5.32 Å². The van der Waals surface area contributed by atoms with Gasteiger partial charge in [0.05, 0.1) is 17.3 Å². The van der Waals surface area contributed by atoms with E-state index in [1.165, 1.54) is 18.2 Å². The van der Waals surface area contributed by atoms with Crippen LogP contribution in [-0.2, 0) is 14.4 Å². The Hall–Kier alpha value is -4.77. The summed E-state index contributed by atoms with van der Waals surface area (Å²) in [5, 5.41) is 9.36. The lowest BCUT2D eigenvalue weighted by Gasteiger charge is -2.17. The Bertz CT molecular complexity index is 1520. The minimum Gasteiger partial charge on any atom is -0.365 e. The van der Waals surface area contributed by atoms with Crippen molar-refractivity contribution in [2.75, 3.05) is 11.9 Å². The Balaban J connectivity index is 1.76. The molecule has 0 aliphatic rings. The first-order chi connectivity index (χ1) is 19.1. The summed E-state index contributed by atoms with van der Waals surface area (Å²) in [4.78, 5) is 77.1. The van der Waals surface area contributed by atoms with E-state index in [4.69, 9.17) is 17.3 Å². The van der Waals surface area contributed by atoms with Gasteiger partial charge in [0.2, 0.25) is 5.78 Å². The SMILES string of the molecule is CC(=O)C(=O)C(CCCCN=C(N)N=O)NC(=O)C(=O)c1cc(Cl)ccc1NC(=O)c1ccc2ccccc2c1. The minimum atomic E-state index is -1.27. The van der Waals surface area contributed by atoms with Gasteiger partial charge < -0.3 is 16.4 Å². The summed E-state index contributed by atoms with van der Waals surface area (Å²) in [6, 6.07) is 15.4. The number of benzene rings is 3. The maximum atomic E-state index is 13.1. The van der Waals surface area contributed by atoms with Crippen molar-refractivity contribution in [3.8, 4) is 0 Å². The summed E-state index contributed by atoms with van der Waals surface area (Å²) in [7, 11) is 0. The van der Waals surface area contributed by atoms with E-state index in [1.54, 1.807) is 18.2 Å². The second kappa shape index (κ2) is 13.9. The van der Waals surface area contributed by atoms with Crippen molar-refractivity contribution in [2.45, 2.75) is 32.2 Å². The van der Waals surface area contributed by atoms with Gasteiger partial charge in [0.1, 0.15) is 0 Å². The molecule has 0 fully saturated rings. The fraction of sp³-hybridized carbons (Fsp3) is 0.214.